The van der Waals surface area contributed by atoms with E-state index in [2.05, 4.69) is 0 Å². The summed E-state index contributed by atoms with van der Waals surface area (Å²) in [5.74, 6) is -0.0716. The molecule has 1 aliphatic heterocycles. The van der Waals surface area contributed by atoms with Gasteiger partial charge in [0.15, 0.2) is 9.84 Å². The van der Waals surface area contributed by atoms with Crippen molar-refractivity contribution in [2.24, 2.45) is 0 Å². The Balaban J connectivity index is 2.29. The fourth-order valence-electron chi connectivity index (χ4n) is 2.43. The Morgan fingerprint density at radius 3 is 2.68 bits per heavy atom. The van der Waals surface area contributed by atoms with Crippen molar-refractivity contribution in [3.8, 4) is 0 Å². The number of hydrogen-bond donors (Lipinski definition) is 0. The van der Waals surface area contributed by atoms with Crippen molar-refractivity contribution < 1.29 is 13.2 Å². The van der Waals surface area contributed by atoms with Gasteiger partial charge in [-0.15, -0.1) is 0 Å². The van der Waals surface area contributed by atoms with Gasteiger partial charge >= 0.3 is 0 Å². The second-order valence-electron chi connectivity index (χ2n) is 5.14. The summed E-state index contributed by atoms with van der Waals surface area (Å²) in [6, 6.07) is 6.52. The number of sulfone groups is 1. The molecular formula is C14H19NO3S. The molecule has 0 aromatic heterocycles. The van der Waals surface area contributed by atoms with Crippen LogP contribution in [0.2, 0.25) is 0 Å². The van der Waals surface area contributed by atoms with Crippen molar-refractivity contribution in [1.82, 2.24) is 4.90 Å². The van der Waals surface area contributed by atoms with Crippen LogP contribution in [0, 0.1) is 0 Å². The number of piperidine rings is 1. The zero-order valence-electron chi connectivity index (χ0n) is 11.3. The van der Waals surface area contributed by atoms with Crippen LogP contribution in [-0.4, -0.2) is 38.1 Å². The van der Waals surface area contributed by atoms with Crippen LogP contribution >= 0.6 is 0 Å². The number of nitrogens with zero attached hydrogens (tertiary/aromatic N) is 1. The number of hydrogen-bond acceptors (Lipinski definition) is 3. The number of benzene rings is 1. The molecule has 0 radical (unpaired) electrons. The number of carbonyl (C=O) groups excluding carboxylic acids is 1. The van der Waals surface area contributed by atoms with E-state index in [-0.39, 0.29) is 16.8 Å². The Bertz CT molecular complexity index is 580. The third-order valence-corrected chi connectivity index (χ3v) is 4.68. The van der Waals surface area contributed by atoms with Gasteiger partial charge in [-0.3, -0.25) is 4.79 Å². The van der Waals surface area contributed by atoms with E-state index in [1.54, 1.807) is 12.1 Å². The highest BCUT2D eigenvalue weighted by Crippen LogP contribution is 2.20. The van der Waals surface area contributed by atoms with E-state index in [0.717, 1.165) is 32.1 Å². The van der Waals surface area contributed by atoms with Gasteiger partial charge in [0, 0.05) is 24.4 Å². The highest BCUT2D eigenvalue weighted by Gasteiger charge is 2.24. The summed E-state index contributed by atoms with van der Waals surface area (Å²) in [5.41, 5.74) is 0.455. The lowest BCUT2D eigenvalue weighted by Crippen LogP contribution is -2.42. The number of amides is 1. The summed E-state index contributed by atoms with van der Waals surface area (Å²) in [4.78, 5) is 14.5. The maximum absolute atomic E-state index is 12.4. The monoisotopic (exact) mass is 281 g/mol. The molecule has 1 aromatic rings. The molecular weight excluding hydrogens is 262 g/mol. The van der Waals surface area contributed by atoms with Crippen molar-refractivity contribution in [3.05, 3.63) is 29.8 Å². The minimum Gasteiger partial charge on any atom is -0.336 e. The standard InChI is InChI=1S/C14H19NO3S/c1-11-6-3-4-9-15(11)14(16)12-7-5-8-13(10-12)19(2,17)18/h5,7-8,10-11H,3-4,6,9H2,1-2H3/t11-/m1/s1. The fraction of sp³-hybridized carbons (Fsp3) is 0.500. The zero-order chi connectivity index (χ0) is 14.0. The molecule has 104 valence electrons. The molecule has 0 spiro atoms. The topological polar surface area (TPSA) is 54.5 Å². The normalized spacial score (nSPS) is 20.3. The second-order valence-corrected chi connectivity index (χ2v) is 7.16. The molecule has 0 N–H and O–H groups in total. The molecule has 0 unspecified atom stereocenters. The van der Waals surface area contributed by atoms with Gasteiger partial charge in [0.05, 0.1) is 4.90 Å². The van der Waals surface area contributed by atoms with Gasteiger partial charge in [0.2, 0.25) is 0 Å². The quantitative estimate of drug-likeness (QED) is 0.834. The van der Waals surface area contributed by atoms with Gasteiger partial charge in [-0.25, -0.2) is 8.42 Å². The first-order chi connectivity index (χ1) is 8.89. The first-order valence-corrected chi connectivity index (χ1v) is 8.40. The molecule has 1 aromatic carbocycles. The molecule has 19 heavy (non-hydrogen) atoms. The van der Waals surface area contributed by atoms with Gasteiger partial charge in [-0.1, -0.05) is 6.07 Å². The van der Waals surface area contributed by atoms with Gasteiger partial charge in [-0.05, 0) is 44.4 Å². The Labute approximate surface area is 114 Å². The van der Waals surface area contributed by atoms with Crippen molar-refractivity contribution in [2.75, 3.05) is 12.8 Å². The molecule has 1 atom stereocenters. The van der Waals surface area contributed by atoms with Crippen molar-refractivity contribution in [1.29, 1.82) is 0 Å². The summed E-state index contributed by atoms with van der Waals surface area (Å²) in [7, 11) is -3.27. The van der Waals surface area contributed by atoms with Crippen LogP contribution in [-0.2, 0) is 9.84 Å². The lowest BCUT2D eigenvalue weighted by atomic mass is 10.0. The van der Waals surface area contributed by atoms with Crippen LogP contribution in [0.15, 0.2) is 29.2 Å². The first-order valence-electron chi connectivity index (χ1n) is 6.50. The molecule has 1 aliphatic rings. The third kappa shape index (κ3) is 3.15. The number of rotatable bonds is 2. The third-order valence-electron chi connectivity index (χ3n) is 3.57. The van der Waals surface area contributed by atoms with Crippen LogP contribution in [0.1, 0.15) is 36.5 Å². The summed E-state index contributed by atoms with van der Waals surface area (Å²) >= 11 is 0. The van der Waals surface area contributed by atoms with Crippen LogP contribution < -0.4 is 0 Å². The van der Waals surface area contributed by atoms with E-state index in [4.69, 9.17) is 0 Å². The van der Waals surface area contributed by atoms with E-state index in [1.807, 2.05) is 11.8 Å². The predicted octanol–water partition coefficient (Wildman–Crippen LogP) is 2.10. The van der Waals surface area contributed by atoms with Gasteiger partial charge in [0.25, 0.3) is 5.91 Å². The average Bonchev–Trinajstić information content (AvgIpc) is 2.38. The average molecular weight is 281 g/mol. The Morgan fingerprint density at radius 2 is 2.05 bits per heavy atom. The summed E-state index contributed by atoms with van der Waals surface area (Å²) < 4.78 is 23.0. The fourth-order valence-corrected chi connectivity index (χ4v) is 3.09. The zero-order valence-corrected chi connectivity index (χ0v) is 12.1. The molecule has 1 fully saturated rings. The van der Waals surface area contributed by atoms with Crippen LogP contribution in [0.4, 0.5) is 0 Å². The SMILES string of the molecule is C[C@@H]1CCCCN1C(=O)c1cccc(S(C)(=O)=O)c1. The van der Waals surface area contributed by atoms with Crippen molar-refractivity contribution >= 4 is 15.7 Å². The smallest absolute Gasteiger partial charge is 0.254 e. The molecule has 0 bridgehead atoms. The molecule has 0 saturated carbocycles. The predicted molar refractivity (Wildman–Crippen MR) is 73.9 cm³/mol. The Morgan fingerprint density at radius 1 is 1.32 bits per heavy atom. The van der Waals surface area contributed by atoms with E-state index < -0.39 is 9.84 Å². The molecule has 1 saturated heterocycles. The van der Waals surface area contributed by atoms with E-state index in [0.29, 0.717) is 5.56 Å². The minimum absolute atomic E-state index is 0.0716. The largest absolute Gasteiger partial charge is 0.336 e. The number of likely N-dealkylation sites (tertiary alicyclic amines) is 1. The summed E-state index contributed by atoms with van der Waals surface area (Å²) in [5, 5.41) is 0. The lowest BCUT2D eigenvalue weighted by Gasteiger charge is -2.33. The first kappa shape index (κ1) is 14.1. The molecule has 4 nitrogen and oxygen atoms in total. The van der Waals surface area contributed by atoms with Crippen LogP contribution in [0.5, 0.6) is 0 Å². The summed E-state index contributed by atoms with van der Waals surface area (Å²) in [6.45, 7) is 2.79. The van der Waals surface area contributed by atoms with E-state index in [1.165, 1.54) is 12.1 Å². The number of carbonyl (C=O) groups is 1. The van der Waals surface area contributed by atoms with Gasteiger partial charge < -0.3 is 4.90 Å². The molecule has 1 heterocycles. The minimum atomic E-state index is -3.27. The van der Waals surface area contributed by atoms with E-state index in [9.17, 15) is 13.2 Å². The van der Waals surface area contributed by atoms with Gasteiger partial charge in [0.1, 0.15) is 0 Å². The maximum atomic E-state index is 12.4. The lowest BCUT2D eigenvalue weighted by molar-refractivity contribution is 0.0635. The highest BCUT2D eigenvalue weighted by molar-refractivity contribution is 7.90. The van der Waals surface area contributed by atoms with Gasteiger partial charge in [-0.2, -0.15) is 0 Å². The molecule has 1 amide bonds. The van der Waals surface area contributed by atoms with Crippen molar-refractivity contribution in [3.63, 3.8) is 0 Å². The Kier molecular flexibility index (Phi) is 3.94. The molecule has 0 aliphatic carbocycles. The molecule has 2 rings (SSSR count). The maximum Gasteiger partial charge on any atom is 0.254 e. The van der Waals surface area contributed by atoms with Crippen molar-refractivity contribution in [2.45, 2.75) is 37.1 Å². The van der Waals surface area contributed by atoms with Crippen LogP contribution in [0.3, 0.4) is 0 Å². The highest BCUT2D eigenvalue weighted by atomic mass is 32.2. The Hall–Kier alpha value is -1.36. The van der Waals surface area contributed by atoms with E-state index >= 15 is 0 Å². The molecule has 5 heteroatoms. The second kappa shape index (κ2) is 5.33. The van der Waals surface area contributed by atoms with Crippen LogP contribution in [0.25, 0.3) is 0 Å². The summed E-state index contributed by atoms with van der Waals surface area (Å²) in [6.07, 6.45) is 4.33.